The topological polar surface area (TPSA) is 20.2 Å². The zero-order valence-corrected chi connectivity index (χ0v) is 5.06. The highest BCUT2D eigenvalue weighted by Crippen LogP contribution is 2.15. The van der Waals surface area contributed by atoms with Crippen LogP contribution in [0.25, 0.3) is 0 Å². The first kappa shape index (κ1) is 6.08. The Morgan fingerprint density at radius 2 is 2.11 bits per heavy atom. The Morgan fingerprint density at radius 3 is 2.56 bits per heavy atom. The van der Waals surface area contributed by atoms with E-state index in [-0.39, 0.29) is 11.6 Å². The fourth-order valence-electron chi connectivity index (χ4n) is 0.619. The lowest BCUT2D eigenvalue weighted by Crippen LogP contribution is -1.76. The normalized spacial score (nSPS) is 9.56. The number of hydrogen-bond donors (Lipinski definition) is 1. The molecule has 0 saturated carbocycles. The summed E-state index contributed by atoms with van der Waals surface area (Å²) < 4.78 is 12.2. The fraction of sp³-hybridized carbons (Fsp3) is 0.143. The lowest BCUT2D eigenvalue weighted by atomic mass is 10.2. The minimum Gasteiger partial charge on any atom is -0.508 e. The Hall–Kier alpha value is -1.05. The standard InChI is InChI=1S/C7H7FO/c1-5-4-6(8)2-3-7(5)9/h2-4,9H,1H3/i8-1. The van der Waals surface area contributed by atoms with Gasteiger partial charge in [-0.05, 0) is 30.7 Å². The lowest BCUT2D eigenvalue weighted by molar-refractivity contribution is 0.468. The van der Waals surface area contributed by atoms with Crippen LogP contribution in [0.15, 0.2) is 18.2 Å². The Balaban J connectivity index is 3.17. The van der Waals surface area contributed by atoms with Crippen LogP contribution in [0.2, 0.25) is 0 Å². The van der Waals surface area contributed by atoms with Crippen molar-refractivity contribution in [2.24, 2.45) is 0 Å². The maximum absolute atomic E-state index is 12.2. The molecule has 0 atom stereocenters. The largest absolute Gasteiger partial charge is 0.508 e. The van der Waals surface area contributed by atoms with Crippen LogP contribution in [0, 0.1) is 12.7 Å². The minimum atomic E-state index is -0.315. The van der Waals surface area contributed by atoms with Crippen LogP contribution >= 0.6 is 0 Å². The van der Waals surface area contributed by atoms with E-state index in [2.05, 4.69) is 0 Å². The number of hydrogen-bond acceptors (Lipinski definition) is 1. The maximum Gasteiger partial charge on any atom is 0.123 e. The number of benzene rings is 1. The molecular weight excluding hydrogens is 118 g/mol. The number of phenolic OH excluding ortho intramolecular Hbond substituents is 1. The fourth-order valence-corrected chi connectivity index (χ4v) is 0.619. The second kappa shape index (κ2) is 2.05. The van der Waals surface area contributed by atoms with Crippen LogP contribution < -0.4 is 0 Å². The summed E-state index contributed by atoms with van der Waals surface area (Å²) in [6.07, 6.45) is 0. The van der Waals surface area contributed by atoms with Gasteiger partial charge in [-0.25, -0.2) is 4.39 Å². The smallest absolute Gasteiger partial charge is 0.123 e. The zero-order chi connectivity index (χ0) is 6.85. The number of aryl methyl sites for hydroxylation is 1. The van der Waals surface area contributed by atoms with Gasteiger partial charge in [0, 0.05) is 0 Å². The first-order chi connectivity index (χ1) is 4.20. The summed E-state index contributed by atoms with van der Waals surface area (Å²) >= 11 is 0. The van der Waals surface area contributed by atoms with E-state index in [0.29, 0.717) is 5.56 Å². The van der Waals surface area contributed by atoms with Gasteiger partial charge in [0.05, 0.1) is 0 Å². The molecule has 0 aromatic heterocycles. The molecule has 0 radical (unpaired) electrons. The molecular formula is C7H7FO. The molecule has 0 aliphatic heterocycles. The number of phenols is 1. The molecule has 0 fully saturated rings. The van der Waals surface area contributed by atoms with Crippen LogP contribution in [0.4, 0.5) is 4.39 Å². The molecule has 0 spiro atoms. The van der Waals surface area contributed by atoms with E-state index in [1.165, 1.54) is 18.2 Å². The molecule has 0 amide bonds. The van der Waals surface area contributed by atoms with Crippen molar-refractivity contribution in [3.63, 3.8) is 0 Å². The van der Waals surface area contributed by atoms with Gasteiger partial charge in [-0.3, -0.25) is 0 Å². The van der Waals surface area contributed by atoms with E-state index >= 15 is 0 Å². The molecule has 0 unspecified atom stereocenters. The Labute approximate surface area is 52.8 Å². The van der Waals surface area contributed by atoms with Gasteiger partial charge in [0.2, 0.25) is 0 Å². The average Bonchev–Trinajstić information content (AvgIpc) is 1.80. The van der Waals surface area contributed by atoms with Crippen molar-refractivity contribution in [2.45, 2.75) is 6.92 Å². The van der Waals surface area contributed by atoms with Crippen molar-refractivity contribution in [3.8, 4) is 5.75 Å². The predicted octanol–water partition coefficient (Wildman–Crippen LogP) is 1.84. The van der Waals surface area contributed by atoms with Crippen LogP contribution in [-0.2, 0) is 0 Å². The maximum atomic E-state index is 12.2. The van der Waals surface area contributed by atoms with Crippen molar-refractivity contribution < 1.29 is 9.50 Å². The summed E-state index contributed by atoms with van der Waals surface area (Å²) in [5.41, 5.74) is 0.565. The van der Waals surface area contributed by atoms with E-state index in [4.69, 9.17) is 5.11 Å². The van der Waals surface area contributed by atoms with Crippen LogP contribution in [0.3, 0.4) is 0 Å². The zero-order valence-electron chi connectivity index (χ0n) is 5.06. The van der Waals surface area contributed by atoms with Crippen molar-refractivity contribution in [1.82, 2.24) is 0 Å². The van der Waals surface area contributed by atoms with Gasteiger partial charge in [0.25, 0.3) is 0 Å². The van der Waals surface area contributed by atoms with E-state index in [0.717, 1.165) is 0 Å². The van der Waals surface area contributed by atoms with Crippen molar-refractivity contribution in [3.05, 3.63) is 29.6 Å². The van der Waals surface area contributed by atoms with Gasteiger partial charge in [-0.2, -0.15) is 0 Å². The number of rotatable bonds is 0. The number of halogens is 1. The molecule has 9 heavy (non-hydrogen) atoms. The molecule has 2 heteroatoms. The molecule has 0 aliphatic carbocycles. The molecule has 1 N–H and O–H groups in total. The predicted molar refractivity (Wildman–Crippen MR) is 32.8 cm³/mol. The third kappa shape index (κ3) is 1.19. The van der Waals surface area contributed by atoms with E-state index in [9.17, 15) is 4.39 Å². The Bertz CT molecular complexity index is 220. The summed E-state index contributed by atoms with van der Waals surface area (Å²) in [5, 5.41) is 8.88. The first-order valence-corrected chi connectivity index (χ1v) is 2.65. The summed E-state index contributed by atoms with van der Waals surface area (Å²) in [6, 6.07) is 3.85. The summed E-state index contributed by atoms with van der Waals surface area (Å²) in [5.74, 6) is -0.179. The van der Waals surface area contributed by atoms with E-state index in [1.807, 2.05) is 0 Å². The van der Waals surface area contributed by atoms with Crippen LogP contribution in [0.1, 0.15) is 5.56 Å². The lowest BCUT2D eigenvalue weighted by Gasteiger charge is -1.94. The van der Waals surface area contributed by atoms with Crippen molar-refractivity contribution in [2.75, 3.05) is 0 Å². The van der Waals surface area contributed by atoms with Crippen molar-refractivity contribution >= 4 is 0 Å². The first-order valence-electron chi connectivity index (χ1n) is 2.65. The molecule has 0 aliphatic rings. The van der Waals surface area contributed by atoms with Gasteiger partial charge >= 0.3 is 0 Å². The third-order valence-electron chi connectivity index (χ3n) is 1.16. The molecule has 0 saturated heterocycles. The molecule has 1 nitrogen and oxygen atoms in total. The second-order valence-electron chi connectivity index (χ2n) is 1.93. The van der Waals surface area contributed by atoms with Gasteiger partial charge in [-0.1, -0.05) is 0 Å². The Morgan fingerprint density at radius 1 is 1.44 bits per heavy atom. The summed E-state index contributed by atoms with van der Waals surface area (Å²) in [6.45, 7) is 1.65. The average molecular weight is 125 g/mol. The molecule has 1 rings (SSSR count). The van der Waals surface area contributed by atoms with Gasteiger partial charge < -0.3 is 5.11 Å². The molecule has 48 valence electrons. The van der Waals surface area contributed by atoms with E-state index < -0.39 is 0 Å². The third-order valence-corrected chi connectivity index (χ3v) is 1.16. The van der Waals surface area contributed by atoms with Crippen LogP contribution in [-0.4, -0.2) is 5.11 Å². The minimum absolute atomic E-state index is 0.136. The second-order valence-corrected chi connectivity index (χ2v) is 1.93. The quantitative estimate of drug-likeness (QED) is 0.561. The van der Waals surface area contributed by atoms with Gasteiger partial charge in [0.1, 0.15) is 11.6 Å². The Kier molecular flexibility index (Phi) is 1.39. The van der Waals surface area contributed by atoms with Crippen molar-refractivity contribution in [1.29, 1.82) is 0 Å². The molecule has 1 aromatic rings. The highest BCUT2D eigenvalue weighted by molar-refractivity contribution is 5.30. The van der Waals surface area contributed by atoms with Crippen LogP contribution in [0.5, 0.6) is 5.75 Å². The molecule has 1 aromatic carbocycles. The molecule has 0 heterocycles. The van der Waals surface area contributed by atoms with Gasteiger partial charge in [-0.15, -0.1) is 0 Å². The SMILES string of the molecule is Cc1cc([18F])ccc1O. The molecule has 0 bridgehead atoms. The summed E-state index contributed by atoms with van der Waals surface area (Å²) in [4.78, 5) is 0. The highest BCUT2D eigenvalue weighted by Gasteiger charge is 1.94. The van der Waals surface area contributed by atoms with E-state index in [1.54, 1.807) is 6.92 Å². The number of aromatic hydroxyl groups is 1. The van der Waals surface area contributed by atoms with Gasteiger partial charge in [0.15, 0.2) is 0 Å². The highest BCUT2D eigenvalue weighted by atomic mass is 18.2. The summed E-state index contributed by atoms with van der Waals surface area (Å²) in [7, 11) is 0. The monoisotopic (exact) mass is 125 g/mol.